The Labute approximate surface area is 164 Å². The highest BCUT2D eigenvalue weighted by Crippen LogP contribution is 2.29. The molecule has 28 heavy (non-hydrogen) atoms. The molecule has 2 heterocycles. The highest BCUT2D eigenvalue weighted by molar-refractivity contribution is 7.17. The van der Waals surface area contributed by atoms with Crippen molar-refractivity contribution in [2.75, 3.05) is 17.2 Å². The molecular weight excluding hydrogens is 384 g/mol. The molecule has 0 bridgehead atoms. The Kier molecular flexibility index (Phi) is 5.59. The van der Waals surface area contributed by atoms with Crippen molar-refractivity contribution in [1.29, 1.82) is 0 Å². The number of aromatic hydroxyl groups is 1. The molecule has 10 heteroatoms. The molecule has 3 N–H and O–H groups in total. The van der Waals surface area contributed by atoms with E-state index < -0.39 is 5.97 Å². The second-order valence-electron chi connectivity index (χ2n) is 5.77. The normalized spacial score (nSPS) is 10.5. The van der Waals surface area contributed by atoms with E-state index in [-0.39, 0.29) is 30.0 Å². The topological polar surface area (TPSA) is 127 Å². The van der Waals surface area contributed by atoms with E-state index in [2.05, 4.69) is 20.6 Å². The van der Waals surface area contributed by atoms with E-state index in [0.717, 1.165) is 16.9 Å². The van der Waals surface area contributed by atoms with E-state index in [1.807, 2.05) is 6.92 Å². The minimum absolute atomic E-state index is 0.0358. The number of nitrogens with one attached hydrogen (secondary N) is 2. The molecule has 0 atom stereocenters. The number of aromatic nitrogens is 2. The van der Waals surface area contributed by atoms with Crippen molar-refractivity contribution in [3.05, 3.63) is 46.3 Å². The molecule has 0 radical (unpaired) electrons. The number of phenols is 1. The maximum absolute atomic E-state index is 12.5. The highest BCUT2D eigenvalue weighted by Gasteiger charge is 2.17. The average Bonchev–Trinajstić information content (AvgIpc) is 3.32. The van der Waals surface area contributed by atoms with Crippen LogP contribution in [0.3, 0.4) is 0 Å². The number of anilines is 3. The van der Waals surface area contributed by atoms with Crippen LogP contribution in [0.1, 0.15) is 38.2 Å². The standard InChI is InChI=1S/C18H18N4O5S/c1-4-26-16(25)11-8-27-17(20-11)22-18-19-7-13(28-18)15(24)21-14-9(2)5-6-12(23)10(14)3/h5-8,23H,4H2,1-3H3,(H,21,24)(H,19,20,22). The number of carbonyl (C=O) groups excluding carboxylic acids is 2. The van der Waals surface area contributed by atoms with Crippen LogP contribution in [0.2, 0.25) is 0 Å². The maximum atomic E-state index is 12.5. The van der Waals surface area contributed by atoms with Crippen LogP contribution >= 0.6 is 11.3 Å². The number of esters is 1. The Balaban J connectivity index is 1.70. The zero-order chi connectivity index (χ0) is 20.3. The molecule has 0 aliphatic carbocycles. The van der Waals surface area contributed by atoms with Gasteiger partial charge in [-0.25, -0.2) is 9.78 Å². The summed E-state index contributed by atoms with van der Waals surface area (Å²) in [5.74, 6) is -0.841. The van der Waals surface area contributed by atoms with E-state index in [1.54, 1.807) is 26.0 Å². The molecule has 3 aromatic rings. The lowest BCUT2D eigenvalue weighted by Crippen LogP contribution is -2.12. The maximum Gasteiger partial charge on any atom is 0.360 e. The number of ether oxygens (including phenoxy) is 1. The number of aryl methyl sites for hydroxylation is 1. The summed E-state index contributed by atoms with van der Waals surface area (Å²) in [6.45, 7) is 5.49. The first kappa shape index (κ1) is 19.4. The first-order valence-electron chi connectivity index (χ1n) is 8.35. The summed E-state index contributed by atoms with van der Waals surface area (Å²) in [7, 11) is 0. The molecule has 0 aliphatic rings. The number of thiazole rings is 1. The fraction of sp³-hybridized carbons (Fsp3) is 0.222. The Morgan fingerprint density at radius 3 is 2.86 bits per heavy atom. The minimum Gasteiger partial charge on any atom is -0.508 e. The van der Waals surface area contributed by atoms with Crippen molar-refractivity contribution in [3.63, 3.8) is 0 Å². The molecule has 1 amide bonds. The molecule has 3 rings (SSSR count). The lowest BCUT2D eigenvalue weighted by atomic mass is 10.1. The van der Waals surface area contributed by atoms with Crippen molar-refractivity contribution < 1.29 is 23.8 Å². The molecule has 0 fully saturated rings. The van der Waals surface area contributed by atoms with Crippen molar-refractivity contribution in [3.8, 4) is 5.75 Å². The van der Waals surface area contributed by atoms with Gasteiger partial charge in [-0.2, -0.15) is 4.98 Å². The molecule has 1 aromatic carbocycles. The van der Waals surface area contributed by atoms with Crippen LogP contribution in [0.4, 0.5) is 16.8 Å². The van der Waals surface area contributed by atoms with Gasteiger partial charge in [0.25, 0.3) is 5.91 Å². The molecule has 2 aromatic heterocycles. The van der Waals surface area contributed by atoms with Gasteiger partial charge in [-0.05, 0) is 32.4 Å². The van der Waals surface area contributed by atoms with Crippen molar-refractivity contribution in [2.24, 2.45) is 0 Å². The van der Waals surface area contributed by atoms with Crippen molar-refractivity contribution in [1.82, 2.24) is 9.97 Å². The van der Waals surface area contributed by atoms with Gasteiger partial charge in [-0.15, -0.1) is 0 Å². The van der Waals surface area contributed by atoms with Crippen LogP contribution in [0.5, 0.6) is 5.75 Å². The number of hydrogen-bond acceptors (Lipinski definition) is 9. The predicted octanol–water partition coefficient (Wildman–Crippen LogP) is 3.63. The number of phenolic OH excluding ortho intramolecular Hbond substituents is 1. The van der Waals surface area contributed by atoms with Gasteiger partial charge in [-0.3, -0.25) is 10.1 Å². The van der Waals surface area contributed by atoms with Crippen LogP contribution in [-0.2, 0) is 4.74 Å². The first-order valence-corrected chi connectivity index (χ1v) is 9.16. The molecule has 0 unspecified atom stereocenters. The van der Waals surface area contributed by atoms with Crippen LogP contribution in [0.15, 0.2) is 29.0 Å². The molecule has 9 nitrogen and oxygen atoms in total. The zero-order valence-corrected chi connectivity index (χ0v) is 16.2. The van der Waals surface area contributed by atoms with Crippen molar-refractivity contribution >= 4 is 40.0 Å². The average molecular weight is 402 g/mol. The van der Waals surface area contributed by atoms with Gasteiger partial charge >= 0.3 is 12.0 Å². The van der Waals surface area contributed by atoms with Gasteiger partial charge in [0.05, 0.1) is 18.5 Å². The van der Waals surface area contributed by atoms with E-state index in [4.69, 9.17) is 9.15 Å². The second kappa shape index (κ2) is 8.09. The molecule has 0 saturated heterocycles. The molecule has 0 aliphatic heterocycles. The van der Waals surface area contributed by atoms with E-state index in [0.29, 0.717) is 21.3 Å². The summed E-state index contributed by atoms with van der Waals surface area (Å²) >= 11 is 1.09. The summed E-state index contributed by atoms with van der Waals surface area (Å²) in [6.07, 6.45) is 2.58. The van der Waals surface area contributed by atoms with Crippen LogP contribution in [0.25, 0.3) is 0 Å². The Bertz CT molecular complexity index is 1030. The lowest BCUT2D eigenvalue weighted by molar-refractivity contribution is 0.0519. The SMILES string of the molecule is CCOC(=O)c1coc(Nc2ncc(C(=O)Nc3c(C)ccc(O)c3C)s2)n1. The summed E-state index contributed by atoms with van der Waals surface area (Å²) in [4.78, 5) is 32.5. The third-order valence-corrected chi connectivity index (χ3v) is 4.73. The van der Waals surface area contributed by atoms with Gasteiger partial charge in [0, 0.05) is 5.56 Å². The van der Waals surface area contributed by atoms with Gasteiger partial charge < -0.3 is 19.6 Å². The fourth-order valence-electron chi connectivity index (χ4n) is 2.36. The van der Waals surface area contributed by atoms with Gasteiger partial charge in [0.2, 0.25) is 0 Å². The summed E-state index contributed by atoms with van der Waals surface area (Å²) < 4.78 is 10.00. The van der Waals surface area contributed by atoms with Crippen LogP contribution in [-0.4, -0.2) is 33.6 Å². The predicted molar refractivity (Wildman–Crippen MR) is 103 cm³/mol. The largest absolute Gasteiger partial charge is 0.508 e. The molecule has 0 saturated carbocycles. The number of oxazole rings is 1. The number of amides is 1. The van der Waals surface area contributed by atoms with Gasteiger partial charge in [0.1, 0.15) is 16.9 Å². The first-order chi connectivity index (χ1) is 13.4. The second-order valence-corrected chi connectivity index (χ2v) is 6.80. The van der Waals surface area contributed by atoms with Crippen molar-refractivity contribution in [2.45, 2.75) is 20.8 Å². The zero-order valence-electron chi connectivity index (χ0n) is 15.4. The van der Waals surface area contributed by atoms with Gasteiger partial charge in [-0.1, -0.05) is 17.4 Å². The lowest BCUT2D eigenvalue weighted by Gasteiger charge is -2.11. The summed E-state index contributed by atoms with van der Waals surface area (Å²) in [5.41, 5.74) is 2.01. The number of nitrogens with zero attached hydrogens (tertiary/aromatic N) is 2. The summed E-state index contributed by atoms with van der Waals surface area (Å²) in [6, 6.07) is 3.36. The quantitative estimate of drug-likeness (QED) is 0.534. The smallest absolute Gasteiger partial charge is 0.360 e. The van der Waals surface area contributed by atoms with E-state index in [1.165, 1.54) is 12.5 Å². The van der Waals surface area contributed by atoms with E-state index >= 15 is 0 Å². The molecule has 146 valence electrons. The highest BCUT2D eigenvalue weighted by atomic mass is 32.1. The Hall–Kier alpha value is -3.40. The third kappa shape index (κ3) is 4.12. The number of carbonyl (C=O) groups is 2. The minimum atomic E-state index is -0.588. The van der Waals surface area contributed by atoms with Crippen LogP contribution < -0.4 is 10.6 Å². The summed E-state index contributed by atoms with van der Waals surface area (Å²) in [5, 5.41) is 15.8. The number of benzene rings is 1. The van der Waals surface area contributed by atoms with Gasteiger partial charge in [0.15, 0.2) is 10.8 Å². The Morgan fingerprint density at radius 2 is 2.11 bits per heavy atom. The number of rotatable bonds is 6. The fourth-order valence-corrected chi connectivity index (χ4v) is 3.06. The van der Waals surface area contributed by atoms with E-state index in [9.17, 15) is 14.7 Å². The monoisotopic (exact) mass is 402 g/mol. The third-order valence-electron chi connectivity index (χ3n) is 3.82. The number of hydrogen-bond donors (Lipinski definition) is 3. The Morgan fingerprint density at radius 1 is 1.32 bits per heavy atom. The van der Waals surface area contributed by atoms with Crippen LogP contribution in [0, 0.1) is 13.8 Å². The molecular formula is C18H18N4O5S. The molecule has 0 spiro atoms.